The van der Waals surface area contributed by atoms with Gasteiger partial charge < -0.3 is 9.47 Å². The van der Waals surface area contributed by atoms with Crippen molar-refractivity contribution < 1.29 is 9.59 Å². The fraction of sp³-hybridized carbons (Fsp3) is 0.632. The molecule has 5 heteroatoms. The molecule has 0 aromatic carbocycles. The van der Waals surface area contributed by atoms with Crippen molar-refractivity contribution >= 4 is 11.7 Å². The number of likely N-dealkylation sites (tertiary alicyclic amines) is 1. The van der Waals surface area contributed by atoms with E-state index in [0.717, 1.165) is 44.9 Å². The van der Waals surface area contributed by atoms with Crippen LogP contribution in [0.15, 0.2) is 12.3 Å². The fourth-order valence-electron chi connectivity index (χ4n) is 4.21. The first-order valence-corrected chi connectivity index (χ1v) is 9.02. The zero-order chi connectivity index (χ0) is 17.1. The van der Waals surface area contributed by atoms with E-state index in [1.165, 1.54) is 0 Å². The van der Waals surface area contributed by atoms with Crippen LogP contribution in [0.5, 0.6) is 0 Å². The lowest BCUT2D eigenvalue weighted by Crippen LogP contribution is -2.47. The molecular weight excluding hydrogens is 302 g/mol. The molecule has 3 rings (SSSR count). The van der Waals surface area contributed by atoms with Gasteiger partial charge in [0, 0.05) is 38.2 Å². The number of rotatable bonds is 2. The third kappa shape index (κ3) is 3.24. The standard InChI is InChI=1S/C19H25N3O2/c1-21-13-14(12-20)11-17(21)19(24)22-10-6-2-3-8-16(22)15-7-4-5-9-18(15)23/h11,13,15-16H,2-10H2,1H3/t15-,16+/m0/s1. The molecule has 0 N–H and O–H groups in total. The molecule has 24 heavy (non-hydrogen) atoms. The number of nitrogens with zero attached hydrogens (tertiary/aromatic N) is 3. The van der Waals surface area contributed by atoms with Crippen molar-refractivity contribution in [1.29, 1.82) is 5.26 Å². The minimum atomic E-state index is -0.0377. The molecule has 0 bridgehead atoms. The second kappa shape index (κ2) is 7.21. The minimum absolute atomic E-state index is 0.00324. The Morgan fingerprint density at radius 1 is 1.21 bits per heavy atom. The summed E-state index contributed by atoms with van der Waals surface area (Å²) in [6.45, 7) is 0.709. The summed E-state index contributed by atoms with van der Waals surface area (Å²) in [6, 6.07) is 3.78. The molecular formula is C19H25N3O2. The normalized spacial score (nSPS) is 25.2. The van der Waals surface area contributed by atoms with Crippen molar-refractivity contribution in [2.75, 3.05) is 6.54 Å². The van der Waals surface area contributed by atoms with Crippen LogP contribution < -0.4 is 0 Å². The maximum Gasteiger partial charge on any atom is 0.270 e. The van der Waals surface area contributed by atoms with E-state index < -0.39 is 0 Å². The summed E-state index contributed by atoms with van der Waals surface area (Å²) in [7, 11) is 1.80. The molecule has 1 aliphatic carbocycles. The first-order valence-electron chi connectivity index (χ1n) is 9.02. The summed E-state index contributed by atoms with van der Waals surface area (Å²) in [5, 5.41) is 9.07. The number of carbonyl (C=O) groups excluding carboxylic acids is 2. The number of aromatic nitrogens is 1. The van der Waals surface area contributed by atoms with E-state index in [-0.39, 0.29) is 17.9 Å². The summed E-state index contributed by atoms with van der Waals surface area (Å²) in [4.78, 5) is 27.5. The van der Waals surface area contributed by atoms with E-state index >= 15 is 0 Å². The van der Waals surface area contributed by atoms with Gasteiger partial charge >= 0.3 is 0 Å². The molecule has 2 atom stereocenters. The van der Waals surface area contributed by atoms with Crippen LogP contribution in [0.3, 0.4) is 0 Å². The van der Waals surface area contributed by atoms with Crippen LogP contribution in [0, 0.1) is 17.2 Å². The van der Waals surface area contributed by atoms with Gasteiger partial charge in [0.05, 0.1) is 5.56 Å². The van der Waals surface area contributed by atoms with E-state index in [0.29, 0.717) is 30.0 Å². The van der Waals surface area contributed by atoms with E-state index in [1.54, 1.807) is 23.9 Å². The number of carbonyl (C=O) groups is 2. The maximum atomic E-state index is 13.1. The molecule has 1 aromatic rings. The summed E-state index contributed by atoms with van der Waals surface area (Å²) in [5.41, 5.74) is 1.04. The SMILES string of the molecule is Cn1cc(C#N)cc1C(=O)N1CCCCC[C@@H]1[C@@H]1CCCCC1=O. The van der Waals surface area contributed by atoms with Gasteiger partial charge in [0.25, 0.3) is 5.91 Å². The van der Waals surface area contributed by atoms with Crippen LogP contribution in [-0.4, -0.2) is 33.7 Å². The monoisotopic (exact) mass is 327 g/mol. The van der Waals surface area contributed by atoms with Crippen molar-refractivity contribution in [2.45, 2.75) is 57.4 Å². The Labute approximate surface area is 143 Å². The predicted octanol–water partition coefficient (Wildman–Crippen LogP) is 3.04. The third-order valence-electron chi connectivity index (χ3n) is 5.48. The van der Waals surface area contributed by atoms with Gasteiger partial charge in [0.15, 0.2) is 0 Å². The smallest absolute Gasteiger partial charge is 0.270 e. The van der Waals surface area contributed by atoms with Gasteiger partial charge in [-0.3, -0.25) is 9.59 Å². The second-order valence-corrected chi connectivity index (χ2v) is 7.07. The lowest BCUT2D eigenvalue weighted by atomic mass is 9.80. The minimum Gasteiger partial charge on any atom is -0.345 e. The van der Waals surface area contributed by atoms with Crippen LogP contribution in [0.4, 0.5) is 0 Å². The number of Topliss-reactive ketones (excluding diaryl/α,β-unsaturated/α-hetero) is 1. The number of nitriles is 1. The van der Waals surface area contributed by atoms with Crippen molar-refractivity contribution in [3.63, 3.8) is 0 Å². The van der Waals surface area contributed by atoms with E-state index in [9.17, 15) is 9.59 Å². The molecule has 128 valence electrons. The van der Waals surface area contributed by atoms with Gasteiger partial charge in [-0.25, -0.2) is 0 Å². The zero-order valence-corrected chi connectivity index (χ0v) is 14.3. The molecule has 1 saturated carbocycles. The molecule has 0 unspecified atom stereocenters. The molecule has 2 aliphatic rings. The first-order chi connectivity index (χ1) is 11.6. The van der Waals surface area contributed by atoms with Gasteiger partial charge in [0.2, 0.25) is 0 Å². The Morgan fingerprint density at radius 3 is 2.71 bits per heavy atom. The van der Waals surface area contributed by atoms with Gasteiger partial charge in [-0.1, -0.05) is 19.3 Å². The Balaban J connectivity index is 1.89. The fourth-order valence-corrected chi connectivity index (χ4v) is 4.21. The topological polar surface area (TPSA) is 66.1 Å². The molecule has 2 fully saturated rings. The van der Waals surface area contributed by atoms with E-state index in [4.69, 9.17) is 5.26 Å². The summed E-state index contributed by atoms with van der Waals surface area (Å²) in [5.74, 6) is 0.288. The van der Waals surface area contributed by atoms with Crippen LogP contribution in [0.1, 0.15) is 67.4 Å². The predicted molar refractivity (Wildman–Crippen MR) is 90.4 cm³/mol. The van der Waals surface area contributed by atoms with Crippen LogP contribution in [0.25, 0.3) is 0 Å². The molecule has 1 aromatic heterocycles. The third-order valence-corrected chi connectivity index (χ3v) is 5.48. The Bertz CT molecular complexity index is 671. The van der Waals surface area contributed by atoms with Gasteiger partial charge in [-0.2, -0.15) is 5.26 Å². The highest BCUT2D eigenvalue weighted by atomic mass is 16.2. The molecule has 1 amide bonds. The van der Waals surface area contributed by atoms with E-state index in [1.807, 2.05) is 4.90 Å². The lowest BCUT2D eigenvalue weighted by Gasteiger charge is -2.37. The number of amides is 1. The highest BCUT2D eigenvalue weighted by molar-refractivity contribution is 5.94. The second-order valence-electron chi connectivity index (χ2n) is 7.07. The van der Waals surface area contributed by atoms with Crippen molar-refractivity contribution in [1.82, 2.24) is 9.47 Å². The van der Waals surface area contributed by atoms with Crippen LogP contribution in [-0.2, 0) is 11.8 Å². The maximum absolute atomic E-state index is 13.1. The average molecular weight is 327 g/mol. The lowest BCUT2D eigenvalue weighted by molar-refractivity contribution is -0.126. The quantitative estimate of drug-likeness (QED) is 0.838. The average Bonchev–Trinajstić information content (AvgIpc) is 2.80. The van der Waals surface area contributed by atoms with Crippen LogP contribution in [0.2, 0.25) is 0 Å². The van der Waals surface area contributed by atoms with Crippen LogP contribution >= 0.6 is 0 Å². The Morgan fingerprint density at radius 2 is 2.00 bits per heavy atom. The molecule has 2 heterocycles. The van der Waals surface area contributed by atoms with E-state index in [2.05, 4.69) is 6.07 Å². The highest BCUT2D eigenvalue weighted by Gasteiger charge is 2.37. The zero-order valence-electron chi connectivity index (χ0n) is 14.3. The van der Waals surface area contributed by atoms with Crippen molar-refractivity contribution in [3.8, 4) is 6.07 Å². The summed E-state index contributed by atoms with van der Waals surface area (Å²) >= 11 is 0. The number of hydrogen-bond acceptors (Lipinski definition) is 3. The first kappa shape index (κ1) is 16.8. The van der Waals surface area contributed by atoms with Gasteiger partial charge in [-0.15, -0.1) is 0 Å². The van der Waals surface area contributed by atoms with Gasteiger partial charge in [-0.05, 0) is 31.7 Å². The number of ketones is 1. The molecule has 0 radical (unpaired) electrons. The highest BCUT2D eigenvalue weighted by Crippen LogP contribution is 2.32. The molecule has 0 spiro atoms. The molecule has 1 saturated heterocycles. The summed E-state index contributed by atoms with van der Waals surface area (Å²) in [6.07, 6.45) is 9.40. The largest absolute Gasteiger partial charge is 0.345 e. The number of hydrogen-bond donors (Lipinski definition) is 0. The van der Waals surface area contributed by atoms with Crippen molar-refractivity contribution in [2.24, 2.45) is 13.0 Å². The molecule has 5 nitrogen and oxygen atoms in total. The van der Waals surface area contributed by atoms with Gasteiger partial charge in [0.1, 0.15) is 17.5 Å². The number of aryl methyl sites for hydroxylation is 1. The summed E-state index contributed by atoms with van der Waals surface area (Å²) < 4.78 is 1.73. The Hall–Kier alpha value is -2.09. The molecule has 1 aliphatic heterocycles. The van der Waals surface area contributed by atoms with Crippen molar-refractivity contribution in [3.05, 3.63) is 23.5 Å². The Kier molecular flexibility index (Phi) is 5.03.